The van der Waals surface area contributed by atoms with Crippen molar-refractivity contribution >= 4 is 27.0 Å². The summed E-state index contributed by atoms with van der Waals surface area (Å²) in [5.74, 6) is 0. The number of nitrogens with zero attached hydrogens (tertiary/aromatic N) is 2. The van der Waals surface area contributed by atoms with Gasteiger partial charge >= 0.3 is 0 Å². The standard InChI is InChI=1S/C13H17N3O2S2/c1-9-4-12(14)13(5-10(9)2)20(17,18)16(3)6-11-7-19-8-15-11/h4-5,7-8H,6,14H2,1-3H3. The van der Waals surface area contributed by atoms with Crippen molar-refractivity contribution in [3.63, 3.8) is 0 Å². The summed E-state index contributed by atoms with van der Waals surface area (Å²) >= 11 is 1.44. The van der Waals surface area contributed by atoms with Gasteiger partial charge < -0.3 is 5.73 Å². The number of rotatable bonds is 4. The largest absolute Gasteiger partial charge is 0.398 e. The van der Waals surface area contributed by atoms with E-state index in [-0.39, 0.29) is 17.1 Å². The maximum Gasteiger partial charge on any atom is 0.245 e. The lowest BCUT2D eigenvalue weighted by Gasteiger charge is -2.18. The Kier molecular flexibility index (Phi) is 4.12. The van der Waals surface area contributed by atoms with Crippen LogP contribution in [-0.4, -0.2) is 24.8 Å². The summed E-state index contributed by atoms with van der Waals surface area (Å²) in [6, 6.07) is 3.32. The molecule has 1 aromatic heterocycles. The zero-order valence-electron chi connectivity index (χ0n) is 11.6. The molecule has 2 aromatic rings. The van der Waals surface area contributed by atoms with Crippen molar-refractivity contribution in [2.24, 2.45) is 0 Å². The van der Waals surface area contributed by atoms with Crippen molar-refractivity contribution in [3.8, 4) is 0 Å². The molecule has 2 rings (SSSR count). The number of aryl methyl sites for hydroxylation is 2. The summed E-state index contributed by atoms with van der Waals surface area (Å²) in [5.41, 5.74) is 10.4. The number of nitrogen functional groups attached to an aromatic ring is 1. The molecule has 0 saturated carbocycles. The van der Waals surface area contributed by atoms with Crippen molar-refractivity contribution < 1.29 is 8.42 Å². The monoisotopic (exact) mass is 311 g/mol. The van der Waals surface area contributed by atoms with E-state index in [0.29, 0.717) is 0 Å². The Balaban J connectivity index is 2.37. The van der Waals surface area contributed by atoms with Gasteiger partial charge in [0.2, 0.25) is 10.0 Å². The van der Waals surface area contributed by atoms with Crippen LogP contribution >= 0.6 is 11.3 Å². The average Bonchev–Trinajstić information content (AvgIpc) is 2.86. The van der Waals surface area contributed by atoms with Gasteiger partial charge in [0.05, 0.1) is 23.4 Å². The minimum atomic E-state index is -3.61. The molecule has 0 bridgehead atoms. The first-order chi connectivity index (χ1) is 9.32. The second-order valence-electron chi connectivity index (χ2n) is 4.72. The quantitative estimate of drug-likeness (QED) is 0.878. The Labute approximate surface area is 123 Å². The number of hydrogen-bond acceptors (Lipinski definition) is 5. The molecule has 0 spiro atoms. The van der Waals surface area contributed by atoms with Crippen LogP contribution in [0.15, 0.2) is 27.9 Å². The fourth-order valence-electron chi connectivity index (χ4n) is 1.83. The number of aromatic nitrogens is 1. The van der Waals surface area contributed by atoms with E-state index in [0.717, 1.165) is 16.8 Å². The van der Waals surface area contributed by atoms with E-state index in [2.05, 4.69) is 4.98 Å². The van der Waals surface area contributed by atoms with Gasteiger partial charge in [0.1, 0.15) is 4.90 Å². The predicted octanol–water partition coefficient (Wildman–Crippen LogP) is 2.16. The first kappa shape index (κ1) is 15.0. The predicted molar refractivity (Wildman–Crippen MR) is 81.1 cm³/mol. The van der Waals surface area contributed by atoms with Crippen LogP contribution < -0.4 is 5.73 Å². The third-order valence-corrected chi connectivity index (χ3v) is 5.68. The molecule has 0 aliphatic carbocycles. The van der Waals surface area contributed by atoms with Crippen LogP contribution in [0.1, 0.15) is 16.8 Å². The Hall–Kier alpha value is -1.44. The molecule has 5 nitrogen and oxygen atoms in total. The molecule has 1 aromatic carbocycles. The van der Waals surface area contributed by atoms with Gasteiger partial charge in [-0.15, -0.1) is 11.3 Å². The fraction of sp³-hybridized carbons (Fsp3) is 0.308. The van der Waals surface area contributed by atoms with Gasteiger partial charge in [-0.05, 0) is 37.1 Å². The highest BCUT2D eigenvalue weighted by Gasteiger charge is 2.24. The molecule has 0 amide bonds. The summed E-state index contributed by atoms with van der Waals surface area (Å²) in [5, 5.41) is 1.83. The van der Waals surface area contributed by atoms with Gasteiger partial charge in [-0.2, -0.15) is 4.31 Å². The Bertz CT molecular complexity index is 709. The molecule has 0 radical (unpaired) electrons. The Morgan fingerprint density at radius 1 is 1.30 bits per heavy atom. The summed E-state index contributed by atoms with van der Waals surface area (Å²) in [4.78, 5) is 4.25. The highest BCUT2D eigenvalue weighted by Crippen LogP contribution is 2.26. The van der Waals surface area contributed by atoms with E-state index in [1.165, 1.54) is 22.7 Å². The highest BCUT2D eigenvalue weighted by molar-refractivity contribution is 7.89. The van der Waals surface area contributed by atoms with Gasteiger partial charge in [0.25, 0.3) is 0 Å². The number of thiazole rings is 1. The molecule has 7 heteroatoms. The Morgan fingerprint density at radius 3 is 2.55 bits per heavy atom. The normalized spacial score (nSPS) is 12.0. The van der Waals surface area contributed by atoms with E-state index in [1.807, 2.05) is 19.2 Å². The van der Waals surface area contributed by atoms with Crippen LogP contribution in [0.5, 0.6) is 0 Å². The molecule has 0 atom stereocenters. The minimum Gasteiger partial charge on any atom is -0.398 e. The lowest BCUT2D eigenvalue weighted by Crippen LogP contribution is -2.27. The van der Waals surface area contributed by atoms with Gasteiger partial charge in [-0.1, -0.05) is 0 Å². The highest BCUT2D eigenvalue weighted by atomic mass is 32.2. The molecule has 0 fully saturated rings. The van der Waals surface area contributed by atoms with Crippen LogP contribution in [0.4, 0.5) is 5.69 Å². The second kappa shape index (κ2) is 5.51. The van der Waals surface area contributed by atoms with Gasteiger partial charge in [0, 0.05) is 12.4 Å². The molecule has 2 N–H and O–H groups in total. The lowest BCUT2D eigenvalue weighted by atomic mass is 10.1. The topological polar surface area (TPSA) is 76.3 Å². The number of anilines is 1. The van der Waals surface area contributed by atoms with Crippen LogP contribution in [0, 0.1) is 13.8 Å². The molecule has 0 unspecified atom stereocenters. The number of benzene rings is 1. The third-order valence-electron chi connectivity index (χ3n) is 3.18. The second-order valence-corrected chi connectivity index (χ2v) is 7.45. The van der Waals surface area contributed by atoms with E-state index < -0.39 is 10.0 Å². The molecule has 0 saturated heterocycles. The van der Waals surface area contributed by atoms with Crippen molar-refractivity contribution in [3.05, 3.63) is 39.8 Å². The first-order valence-electron chi connectivity index (χ1n) is 6.02. The van der Waals surface area contributed by atoms with Crippen LogP contribution in [0.2, 0.25) is 0 Å². The molecule has 0 aliphatic rings. The molecular weight excluding hydrogens is 294 g/mol. The summed E-state index contributed by atoms with van der Waals surface area (Å²) in [6.45, 7) is 4.01. The van der Waals surface area contributed by atoms with Gasteiger partial charge in [-0.25, -0.2) is 13.4 Å². The lowest BCUT2D eigenvalue weighted by molar-refractivity contribution is 0.463. The number of sulfonamides is 1. The smallest absolute Gasteiger partial charge is 0.245 e. The van der Waals surface area contributed by atoms with E-state index in [4.69, 9.17) is 5.73 Å². The van der Waals surface area contributed by atoms with Crippen molar-refractivity contribution in [2.45, 2.75) is 25.3 Å². The molecule has 0 aliphatic heterocycles. The summed E-state index contributed by atoms with van der Waals surface area (Å²) in [7, 11) is -2.08. The van der Waals surface area contributed by atoms with Gasteiger partial charge in [0.15, 0.2) is 0 Å². The van der Waals surface area contributed by atoms with Crippen molar-refractivity contribution in [1.29, 1.82) is 0 Å². The minimum absolute atomic E-state index is 0.151. The van der Waals surface area contributed by atoms with Gasteiger partial charge in [-0.3, -0.25) is 0 Å². The van der Waals surface area contributed by atoms with Crippen molar-refractivity contribution in [2.75, 3.05) is 12.8 Å². The third kappa shape index (κ3) is 2.84. The van der Waals surface area contributed by atoms with E-state index in [1.54, 1.807) is 17.6 Å². The number of hydrogen-bond donors (Lipinski definition) is 1. The van der Waals surface area contributed by atoms with E-state index in [9.17, 15) is 8.42 Å². The molecule has 20 heavy (non-hydrogen) atoms. The maximum absolute atomic E-state index is 12.6. The molecular formula is C13H17N3O2S2. The summed E-state index contributed by atoms with van der Waals surface area (Å²) < 4.78 is 26.4. The first-order valence-corrected chi connectivity index (χ1v) is 8.41. The zero-order chi connectivity index (χ0) is 14.9. The molecule has 1 heterocycles. The zero-order valence-corrected chi connectivity index (χ0v) is 13.3. The van der Waals surface area contributed by atoms with E-state index >= 15 is 0 Å². The average molecular weight is 311 g/mol. The maximum atomic E-state index is 12.6. The van der Waals surface area contributed by atoms with Crippen LogP contribution in [-0.2, 0) is 16.6 Å². The van der Waals surface area contributed by atoms with Crippen LogP contribution in [0.3, 0.4) is 0 Å². The van der Waals surface area contributed by atoms with Crippen LogP contribution in [0.25, 0.3) is 0 Å². The van der Waals surface area contributed by atoms with Crippen molar-refractivity contribution in [1.82, 2.24) is 9.29 Å². The molecule has 108 valence electrons. The number of nitrogens with two attached hydrogens (primary N) is 1. The Morgan fingerprint density at radius 2 is 1.95 bits per heavy atom. The summed E-state index contributed by atoms with van der Waals surface area (Å²) in [6.07, 6.45) is 0. The SMILES string of the molecule is Cc1cc(N)c(S(=O)(=O)N(C)Cc2cscn2)cc1C. The fourth-order valence-corrected chi connectivity index (χ4v) is 3.70.